The van der Waals surface area contributed by atoms with E-state index in [1.807, 2.05) is 44.2 Å². The van der Waals surface area contributed by atoms with Gasteiger partial charge < -0.3 is 19.5 Å². The van der Waals surface area contributed by atoms with Crippen molar-refractivity contribution in [3.63, 3.8) is 0 Å². The maximum atomic E-state index is 12.9. The molecule has 0 bridgehead atoms. The number of nitrogens with one attached hydrogen (secondary N) is 1. The third-order valence-corrected chi connectivity index (χ3v) is 6.00. The van der Waals surface area contributed by atoms with Crippen LogP contribution in [0.3, 0.4) is 0 Å². The molecular formula is C25H31N3O5S. The first-order valence-corrected chi connectivity index (χ1v) is 12.3. The van der Waals surface area contributed by atoms with E-state index in [0.717, 1.165) is 11.3 Å². The summed E-state index contributed by atoms with van der Waals surface area (Å²) in [5.41, 5.74) is 1.53. The van der Waals surface area contributed by atoms with E-state index in [0.29, 0.717) is 61.1 Å². The number of amides is 1. The van der Waals surface area contributed by atoms with Crippen molar-refractivity contribution < 1.29 is 19.0 Å². The van der Waals surface area contributed by atoms with Gasteiger partial charge in [0.2, 0.25) is 5.91 Å². The second kappa shape index (κ2) is 13.0. The molecule has 0 spiro atoms. The molecule has 0 radical (unpaired) electrons. The van der Waals surface area contributed by atoms with E-state index in [9.17, 15) is 9.59 Å². The minimum atomic E-state index is -0.133. The van der Waals surface area contributed by atoms with Crippen LogP contribution in [0.1, 0.15) is 19.4 Å². The van der Waals surface area contributed by atoms with Crippen molar-refractivity contribution in [1.82, 2.24) is 14.9 Å². The van der Waals surface area contributed by atoms with Gasteiger partial charge in [-0.3, -0.25) is 14.2 Å². The summed E-state index contributed by atoms with van der Waals surface area (Å²) in [4.78, 5) is 30.0. The molecule has 0 unspecified atom stereocenters. The van der Waals surface area contributed by atoms with E-state index in [2.05, 4.69) is 10.3 Å². The highest BCUT2D eigenvalue weighted by atomic mass is 32.2. The van der Waals surface area contributed by atoms with Gasteiger partial charge in [0.1, 0.15) is 0 Å². The third kappa shape index (κ3) is 6.74. The van der Waals surface area contributed by atoms with Crippen LogP contribution in [0.4, 0.5) is 0 Å². The predicted molar refractivity (Wildman–Crippen MR) is 134 cm³/mol. The Bertz CT molecular complexity index is 1160. The summed E-state index contributed by atoms with van der Waals surface area (Å²) >= 11 is 1.25. The molecule has 0 fully saturated rings. The molecule has 0 saturated carbocycles. The minimum Gasteiger partial charge on any atom is -0.490 e. The van der Waals surface area contributed by atoms with Crippen molar-refractivity contribution in [1.29, 1.82) is 0 Å². The normalized spacial score (nSPS) is 10.9. The van der Waals surface area contributed by atoms with Crippen molar-refractivity contribution in [3.8, 4) is 11.5 Å². The molecule has 9 heteroatoms. The summed E-state index contributed by atoms with van der Waals surface area (Å²) in [5, 5.41) is 3.99. The van der Waals surface area contributed by atoms with Gasteiger partial charge in [-0.25, -0.2) is 4.98 Å². The van der Waals surface area contributed by atoms with E-state index < -0.39 is 0 Å². The number of nitrogens with zero attached hydrogens (tertiary/aromatic N) is 2. The van der Waals surface area contributed by atoms with Crippen LogP contribution in [0.2, 0.25) is 0 Å². The van der Waals surface area contributed by atoms with E-state index >= 15 is 0 Å². The van der Waals surface area contributed by atoms with Gasteiger partial charge in [0.25, 0.3) is 5.56 Å². The molecule has 1 heterocycles. The highest BCUT2D eigenvalue weighted by Gasteiger charge is 2.13. The summed E-state index contributed by atoms with van der Waals surface area (Å²) in [6.45, 7) is 6.22. The molecule has 0 atom stereocenters. The van der Waals surface area contributed by atoms with E-state index in [4.69, 9.17) is 14.2 Å². The maximum Gasteiger partial charge on any atom is 0.262 e. The van der Waals surface area contributed by atoms with Gasteiger partial charge in [-0.2, -0.15) is 0 Å². The number of ether oxygens (including phenoxy) is 3. The van der Waals surface area contributed by atoms with E-state index in [1.54, 1.807) is 23.8 Å². The number of benzene rings is 2. The smallest absolute Gasteiger partial charge is 0.262 e. The minimum absolute atomic E-state index is 0.123. The summed E-state index contributed by atoms with van der Waals surface area (Å²) in [5.74, 6) is 1.46. The van der Waals surface area contributed by atoms with Crippen LogP contribution in [-0.2, 0) is 22.5 Å². The number of hydrogen-bond acceptors (Lipinski definition) is 7. The molecule has 3 aromatic rings. The van der Waals surface area contributed by atoms with Crippen molar-refractivity contribution in [2.45, 2.75) is 32.0 Å². The average Bonchev–Trinajstić information content (AvgIpc) is 2.84. The van der Waals surface area contributed by atoms with Crippen molar-refractivity contribution in [3.05, 3.63) is 58.4 Å². The predicted octanol–water partition coefficient (Wildman–Crippen LogP) is 3.29. The second-order valence-corrected chi connectivity index (χ2v) is 8.34. The van der Waals surface area contributed by atoms with Crippen LogP contribution in [0, 0.1) is 0 Å². The molecule has 1 N–H and O–H groups in total. The number of methoxy groups -OCH3 is 1. The fourth-order valence-corrected chi connectivity index (χ4v) is 4.27. The molecule has 1 amide bonds. The largest absolute Gasteiger partial charge is 0.490 e. The standard InChI is InChI=1S/C25H31N3O5S/c1-4-32-21-11-10-18(16-22(21)33-5-2)12-13-26-23(29)17-34-25-27-20-9-7-6-8-19(20)24(30)28(25)14-15-31-3/h6-11,16H,4-5,12-15,17H2,1-3H3,(H,26,29). The second-order valence-electron chi connectivity index (χ2n) is 7.40. The summed E-state index contributed by atoms with van der Waals surface area (Å²) in [6, 6.07) is 13.0. The highest BCUT2D eigenvalue weighted by molar-refractivity contribution is 7.99. The van der Waals surface area contributed by atoms with Crippen LogP contribution in [0.5, 0.6) is 11.5 Å². The monoisotopic (exact) mass is 485 g/mol. The van der Waals surface area contributed by atoms with Crippen LogP contribution >= 0.6 is 11.8 Å². The molecule has 0 aliphatic carbocycles. The number of carbonyl (C=O) groups excluding carboxylic acids is 1. The Labute approximate surface area is 203 Å². The quantitative estimate of drug-likeness (QED) is 0.293. The average molecular weight is 486 g/mol. The Morgan fingerprint density at radius 1 is 1.09 bits per heavy atom. The fourth-order valence-electron chi connectivity index (χ4n) is 3.42. The van der Waals surface area contributed by atoms with Gasteiger partial charge in [-0.15, -0.1) is 0 Å². The van der Waals surface area contributed by atoms with Gasteiger partial charge in [-0.05, 0) is 50.1 Å². The number of fused-ring (bicyclic) bond motifs is 1. The summed E-state index contributed by atoms with van der Waals surface area (Å²) in [7, 11) is 1.58. The van der Waals surface area contributed by atoms with Crippen molar-refractivity contribution >= 4 is 28.6 Å². The summed E-state index contributed by atoms with van der Waals surface area (Å²) < 4.78 is 18.0. The van der Waals surface area contributed by atoms with Gasteiger partial charge >= 0.3 is 0 Å². The number of thioether (sulfide) groups is 1. The van der Waals surface area contributed by atoms with Crippen LogP contribution in [-0.4, -0.2) is 54.7 Å². The number of aromatic nitrogens is 2. The Morgan fingerprint density at radius 2 is 1.85 bits per heavy atom. The molecule has 0 aliphatic heterocycles. The summed E-state index contributed by atoms with van der Waals surface area (Å²) in [6.07, 6.45) is 0.662. The fraction of sp³-hybridized carbons (Fsp3) is 0.400. The maximum absolute atomic E-state index is 12.9. The van der Waals surface area contributed by atoms with Gasteiger partial charge in [0.05, 0.1) is 43.0 Å². The van der Waals surface area contributed by atoms with Crippen molar-refractivity contribution in [2.24, 2.45) is 0 Å². The highest BCUT2D eigenvalue weighted by Crippen LogP contribution is 2.28. The number of rotatable bonds is 13. The zero-order valence-electron chi connectivity index (χ0n) is 19.8. The molecule has 34 heavy (non-hydrogen) atoms. The lowest BCUT2D eigenvalue weighted by atomic mass is 10.1. The third-order valence-electron chi connectivity index (χ3n) is 5.02. The Kier molecular flexibility index (Phi) is 9.78. The topological polar surface area (TPSA) is 91.7 Å². The first kappa shape index (κ1) is 25.6. The lowest BCUT2D eigenvalue weighted by Crippen LogP contribution is -2.29. The SMILES string of the molecule is CCOc1ccc(CCNC(=O)CSc2nc3ccccc3c(=O)n2CCOC)cc1OCC. The first-order chi connectivity index (χ1) is 16.6. The number of hydrogen-bond donors (Lipinski definition) is 1. The number of para-hydroxylation sites is 1. The Balaban J connectivity index is 1.60. The Hall–Kier alpha value is -3.04. The lowest BCUT2D eigenvalue weighted by molar-refractivity contribution is -0.118. The molecule has 0 saturated heterocycles. The zero-order chi connectivity index (χ0) is 24.3. The van der Waals surface area contributed by atoms with Crippen LogP contribution in [0.25, 0.3) is 10.9 Å². The molecule has 0 aliphatic rings. The van der Waals surface area contributed by atoms with Gasteiger partial charge in [-0.1, -0.05) is 30.0 Å². The zero-order valence-corrected chi connectivity index (χ0v) is 20.7. The molecule has 182 valence electrons. The molecule has 3 rings (SSSR count). The Morgan fingerprint density at radius 3 is 2.62 bits per heavy atom. The van der Waals surface area contributed by atoms with Crippen molar-refractivity contribution in [2.75, 3.05) is 39.2 Å². The van der Waals surface area contributed by atoms with E-state index in [1.165, 1.54) is 11.8 Å². The molecular weight excluding hydrogens is 454 g/mol. The van der Waals surface area contributed by atoms with E-state index in [-0.39, 0.29) is 17.2 Å². The van der Waals surface area contributed by atoms with Crippen LogP contribution < -0.4 is 20.3 Å². The number of carbonyl (C=O) groups is 1. The molecule has 8 nitrogen and oxygen atoms in total. The first-order valence-electron chi connectivity index (χ1n) is 11.3. The molecule has 2 aromatic carbocycles. The van der Waals surface area contributed by atoms with Gasteiger partial charge in [0.15, 0.2) is 16.7 Å². The van der Waals surface area contributed by atoms with Crippen LogP contribution in [0.15, 0.2) is 52.4 Å². The molecule has 1 aromatic heterocycles. The lowest BCUT2D eigenvalue weighted by Gasteiger charge is -2.13. The van der Waals surface area contributed by atoms with Gasteiger partial charge in [0, 0.05) is 13.7 Å².